The maximum atomic E-state index is 16.0. The van der Waals surface area contributed by atoms with Crippen LogP contribution in [0.4, 0.5) is 0 Å². The SMILES string of the molecule is C=CCOc1cc(C(=O)OC[C@H]2O[C@@H](Sc3ccccc3)[C@H](OC(=O)c3cc(OCC=C)c(OCc4ccccc4)c(OCC=C)c3)[C@@H](OC(=O)c3cc(OCOC)c(OCc4ccccc4)c(OCOC)c3)[C@@H]2OC(=O)c2cc(OCOC)c(OCc3ccccc3)c(OCOC)c2)cc(OCC=C)c1OCc1ccccc1. The molecule has 26 heteroatoms. The van der Waals surface area contributed by atoms with Crippen molar-refractivity contribution in [1.82, 2.24) is 0 Å². The van der Waals surface area contributed by atoms with Crippen LogP contribution in [-0.2, 0) is 69.1 Å². The maximum absolute atomic E-state index is 16.0. The van der Waals surface area contributed by atoms with Gasteiger partial charge in [0, 0.05) is 33.3 Å². The van der Waals surface area contributed by atoms with Crippen LogP contribution in [0.3, 0.4) is 0 Å². The fourth-order valence-corrected chi connectivity index (χ4v) is 12.3. The molecule has 0 aromatic heterocycles. The van der Waals surface area contributed by atoms with Crippen molar-refractivity contribution in [2.75, 3.05) is 88.6 Å². The van der Waals surface area contributed by atoms with E-state index in [0.717, 1.165) is 34.0 Å². The lowest BCUT2D eigenvalue weighted by atomic mass is 9.98. The molecule has 9 aromatic carbocycles. The molecule has 1 fully saturated rings. The van der Waals surface area contributed by atoms with E-state index in [9.17, 15) is 0 Å². The van der Waals surface area contributed by atoms with Gasteiger partial charge in [0.1, 0.15) is 71.0 Å². The summed E-state index contributed by atoms with van der Waals surface area (Å²) in [6.45, 7) is 13.1. The van der Waals surface area contributed by atoms with Gasteiger partial charge in [-0.3, -0.25) is 0 Å². The quantitative estimate of drug-likeness (QED) is 0.0148. The number of hydrogen-bond donors (Lipinski definition) is 0. The molecule has 0 radical (unpaired) electrons. The van der Waals surface area contributed by atoms with E-state index in [1.807, 2.05) is 121 Å². The molecule has 0 N–H and O–H groups in total. The summed E-state index contributed by atoms with van der Waals surface area (Å²) >= 11 is 1.02. The highest BCUT2D eigenvalue weighted by molar-refractivity contribution is 7.99. The van der Waals surface area contributed by atoms with Gasteiger partial charge in [-0.25, -0.2) is 19.2 Å². The van der Waals surface area contributed by atoms with Crippen molar-refractivity contribution in [3.8, 4) is 69.0 Å². The van der Waals surface area contributed by atoms with Crippen molar-refractivity contribution in [3.63, 3.8) is 0 Å². The Morgan fingerprint density at radius 2 is 0.596 bits per heavy atom. The highest BCUT2D eigenvalue weighted by Gasteiger charge is 2.54. The largest absolute Gasteiger partial charge is 0.485 e. The van der Waals surface area contributed by atoms with E-state index in [1.165, 1.54) is 101 Å². The Morgan fingerprint density at radius 3 is 0.886 bits per heavy atom. The monoisotopic (exact) mass is 1580 g/mol. The summed E-state index contributed by atoms with van der Waals surface area (Å²) in [6, 6.07) is 56.8. The zero-order valence-corrected chi connectivity index (χ0v) is 64.2. The summed E-state index contributed by atoms with van der Waals surface area (Å²) in [5, 5.41) is 0. The molecular formula is C88H88O25S. The Hall–Kier alpha value is -12.4. The zero-order valence-electron chi connectivity index (χ0n) is 63.4. The Bertz CT molecular complexity index is 4480. The molecule has 0 saturated carbocycles. The Morgan fingerprint density at radius 1 is 0.333 bits per heavy atom. The number of thioether (sulfide) groups is 1. The number of carbonyl (C=O) groups is 4. The maximum Gasteiger partial charge on any atom is 0.338 e. The summed E-state index contributed by atoms with van der Waals surface area (Å²) in [5.74, 6) is -4.10. The molecular weight excluding hydrogens is 1490 g/mol. The fraction of sp³-hybridized carbons (Fsp3) is 0.250. The van der Waals surface area contributed by atoms with Crippen molar-refractivity contribution in [1.29, 1.82) is 0 Å². The summed E-state index contributed by atoms with van der Waals surface area (Å²) < 4.78 is 130. The number of rotatable bonds is 47. The summed E-state index contributed by atoms with van der Waals surface area (Å²) in [5.41, 5.74) is 0.834. The number of esters is 4. The van der Waals surface area contributed by atoms with Gasteiger partial charge in [0.15, 0.2) is 91.5 Å². The van der Waals surface area contributed by atoms with Gasteiger partial charge in [0.2, 0.25) is 23.0 Å². The molecule has 0 aliphatic carbocycles. The molecule has 9 aromatic rings. The summed E-state index contributed by atoms with van der Waals surface area (Å²) in [7, 11) is 5.59. The van der Waals surface area contributed by atoms with E-state index in [0.29, 0.717) is 4.90 Å². The van der Waals surface area contributed by atoms with Gasteiger partial charge in [-0.1, -0.05) is 202 Å². The number of hydrogen-bond acceptors (Lipinski definition) is 26. The first kappa shape index (κ1) is 84.0. The first-order valence-electron chi connectivity index (χ1n) is 35.8. The second-order valence-electron chi connectivity index (χ2n) is 24.6. The molecule has 1 aliphatic rings. The number of carbonyl (C=O) groups excluding carboxylic acids is 4. The lowest BCUT2D eigenvalue weighted by molar-refractivity contribution is -0.207. The molecule has 596 valence electrons. The number of methoxy groups -OCH3 is 4. The van der Waals surface area contributed by atoms with Crippen LogP contribution in [-0.4, -0.2) is 142 Å². The normalized spacial score (nSPS) is 14.8. The van der Waals surface area contributed by atoms with Crippen molar-refractivity contribution < 1.29 is 119 Å². The first-order chi connectivity index (χ1) is 55.8. The third-order valence-electron chi connectivity index (χ3n) is 16.4. The van der Waals surface area contributed by atoms with E-state index < -0.39 is 60.3 Å². The second-order valence-corrected chi connectivity index (χ2v) is 25.8. The number of benzene rings is 9. The van der Waals surface area contributed by atoms with Crippen LogP contribution in [0.15, 0.2) is 256 Å². The van der Waals surface area contributed by atoms with Gasteiger partial charge in [-0.2, -0.15) is 0 Å². The molecule has 0 unspecified atom stereocenters. The Kier molecular flexibility index (Phi) is 32.9. The highest BCUT2D eigenvalue weighted by Crippen LogP contribution is 2.46. The van der Waals surface area contributed by atoms with Crippen LogP contribution in [0.2, 0.25) is 0 Å². The Balaban J connectivity index is 1.16. The third-order valence-corrected chi connectivity index (χ3v) is 17.5. The summed E-state index contributed by atoms with van der Waals surface area (Å²) in [4.78, 5) is 63.4. The molecule has 1 aliphatic heterocycles. The van der Waals surface area contributed by atoms with Crippen LogP contribution in [0.1, 0.15) is 63.7 Å². The van der Waals surface area contributed by atoms with Gasteiger partial charge in [0.25, 0.3) is 0 Å². The topological polar surface area (TPSA) is 262 Å². The molecule has 10 rings (SSSR count). The lowest BCUT2D eigenvalue weighted by Gasteiger charge is -2.44. The predicted molar refractivity (Wildman–Crippen MR) is 421 cm³/mol. The predicted octanol–water partition coefficient (Wildman–Crippen LogP) is 15.5. The molecule has 0 amide bonds. The summed E-state index contributed by atoms with van der Waals surface area (Å²) in [6.07, 6.45) is -1.52. The van der Waals surface area contributed by atoms with Crippen molar-refractivity contribution in [3.05, 3.63) is 295 Å². The molecule has 0 bridgehead atoms. The number of ether oxygens (including phenoxy) is 21. The molecule has 1 saturated heterocycles. The first-order valence-corrected chi connectivity index (χ1v) is 36.7. The van der Waals surface area contributed by atoms with Crippen molar-refractivity contribution in [2.45, 2.75) is 61.2 Å². The molecule has 1 heterocycles. The van der Waals surface area contributed by atoms with E-state index in [-0.39, 0.29) is 171 Å². The van der Waals surface area contributed by atoms with Crippen molar-refractivity contribution >= 4 is 35.6 Å². The van der Waals surface area contributed by atoms with E-state index in [1.54, 1.807) is 30.3 Å². The zero-order chi connectivity index (χ0) is 80.2. The molecule has 0 spiro atoms. The van der Waals surface area contributed by atoms with Crippen LogP contribution < -0.4 is 56.8 Å². The minimum absolute atomic E-state index is 0.00548. The van der Waals surface area contributed by atoms with E-state index in [4.69, 9.17) is 99.5 Å². The average molecular weight is 1580 g/mol. The average Bonchev–Trinajstić information content (AvgIpc) is 0.767. The van der Waals surface area contributed by atoms with Crippen LogP contribution in [0, 0.1) is 0 Å². The van der Waals surface area contributed by atoms with E-state index in [2.05, 4.69) is 26.3 Å². The van der Waals surface area contributed by atoms with Gasteiger partial charge in [-0.15, -0.1) is 0 Å². The lowest BCUT2D eigenvalue weighted by Crippen LogP contribution is -2.61. The van der Waals surface area contributed by atoms with Crippen LogP contribution in [0.25, 0.3) is 0 Å². The standard InChI is InChI=1S/C88H88O25S/c1-9-38-97-68-42-63(43-69(98-39-10-2)77(68)101-50-59-28-18-13-19-29-59)84(89)105-54-76-81(111-85(90)65-46-72(106-55-93-5)79(73(47-65)107-56-94-6)103-52-61-32-22-15-23-33-61)82(112-86(91)66-48-74(108-57-95-7)80(75(49-66)109-58-96-8)104-53-62-34-24-16-25-35-62)83(88(110-76)114-67-36-26-17-27-37-67)113-87(92)64-44-70(99-40-11-3)78(71(45-64)100-41-12-4)102-51-60-30-20-14-21-31-60/h9-37,42-49,76,81-83,88H,1-4,38-41,50-58H2,5-8H3/t76-,81-,82+,83-,88+/m1/s1. The van der Waals surface area contributed by atoms with Crippen LogP contribution in [0.5, 0.6) is 69.0 Å². The molecule has 114 heavy (non-hydrogen) atoms. The minimum Gasteiger partial charge on any atom is -0.485 e. The third kappa shape index (κ3) is 24.0. The van der Waals surface area contributed by atoms with Crippen molar-refractivity contribution in [2.24, 2.45) is 0 Å². The fourth-order valence-electron chi connectivity index (χ4n) is 11.2. The molecule has 25 nitrogen and oxygen atoms in total. The van der Waals surface area contributed by atoms with Gasteiger partial charge in [-0.05, 0) is 82.9 Å². The van der Waals surface area contributed by atoms with Gasteiger partial charge < -0.3 is 99.5 Å². The van der Waals surface area contributed by atoms with Crippen LogP contribution >= 0.6 is 11.8 Å². The van der Waals surface area contributed by atoms with Gasteiger partial charge in [0.05, 0.1) is 22.3 Å². The van der Waals surface area contributed by atoms with E-state index >= 15 is 19.2 Å². The minimum atomic E-state index is -2.01. The van der Waals surface area contributed by atoms with Gasteiger partial charge >= 0.3 is 23.9 Å². The molecule has 5 atom stereocenters. The Labute approximate surface area is 665 Å². The smallest absolute Gasteiger partial charge is 0.338 e. The second kappa shape index (κ2) is 44.6. The highest BCUT2D eigenvalue weighted by atomic mass is 32.2.